The molecule has 2 aliphatic heterocycles. The van der Waals surface area contributed by atoms with Crippen molar-refractivity contribution in [2.45, 2.75) is 18.4 Å². The number of pyridine rings is 1. The number of aromatic nitrogens is 1. The van der Waals surface area contributed by atoms with Crippen LogP contribution in [0.1, 0.15) is 16.8 Å². The molecular weight excluding hydrogens is 410 g/mol. The maximum absolute atomic E-state index is 13.6. The minimum Gasteiger partial charge on any atom is -0.486 e. The van der Waals surface area contributed by atoms with E-state index in [0.717, 1.165) is 4.90 Å². The molecule has 8 nitrogen and oxygen atoms in total. The quantitative estimate of drug-likeness (QED) is 0.799. The van der Waals surface area contributed by atoms with Gasteiger partial charge >= 0.3 is 0 Å². The minimum absolute atomic E-state index is 0.253. The summed E-state index contributed by atoms with van der Waals surface area (Å²) in [6.45, 7) is -0.470. The lowest BCUT2D eigenvalue weighted by Gasteiger charge is -2.20. The van der Waals surface area contributed by atoms with Crippen LogP contribution in [0.4, 0.5) is 8.78 Å². The van der Waals surface area contributed by atoms with Crippen LogP contribution in [-0.2, 0) is 4.79 Å². The molecule has 31 heavy (non-hydrogen) atoms. The fourth-order valence-corrected chi connectivity index (χ4v) is 3.58. The van der Waals surface area contributed by atoms with E-state index >= 15 is 0 Å². The van der Waals surface area contributed by atoms with E-state index in [0.29, 0.717) is 35.8 Å². The number of carbonyl (C=O) groups excluding carboxylic acids is 2. The highest BCUT2D eigenvalue weighted by molar-refractivity contribution is 6.02. The second-order valence-electron chi connectivity index (χ2n) is 7.19. The first-order valence-corrected chi connectivity index (χ1v) is 9.57. The molecule has 2 aliphatic rings. The van der Waals surface area contributed by atoms with Crippen LogP contribution in [0.2, 0.25) is 0 Å². The summed E-state index contributed by atoms with van der Waals surface area (Å²) in [5.41, 5.74) is 1.42. The average molecular weight is 428 g/mol. The Labute approximate surface area is 176 Å². The van der Waals surface area contributed by atoms with Crippen molar-refractivity contribution in [1.29, 1.82) is 5.26 Å². The van der Waals surface area contributed by atoms with Crippen molar-refractivity contribution in [3.8, 4) is 28.7 Å². The van der Waals surface area contributed by atoms with Crippen LogP contribution in [0.5, 0.6) is 11.5 Å². The number of rotatable bonds is 4. The molecule has 3 heterocycles. The van der Waals surface area contributed by atoms with E-state index in [1.807, 2.05) is 0 Å². The van der Waals surface area contributed by atoms with Crippen molar-refractivity contribution in [2.24, 2.45) is 0 Å². The summed E-state index contributed by atoms with van der Waals surface area (Å²) in [4.78, 5) is 29.9. The third-order valence-corrected chi connectivity index (χ3v) is 5.06. The molecule has 1 aromatic carbocycles. The highest BCUT2D eigenvalue weighted by Gasteiger charge is 2.47. The Morgan fingerprint density at radius 3 is 2.81 bits per heavy atom. The lowest BCUT2D eigenvalue weighted by atomic mass is 10.0. The molecule has 160 valence electrons. The number of ether oxygens (including phenoxy) is 2. The highest BCUT2D eigenvalue weighted by atomic mass is 19.3. The molecule has 4 rings (SSSR count). The molecule has 0 radical (unpaired) electrons. The fourth-order valence-electron chi connectivity index (χ4n) is 3.58. The Balaban J connectivity index is 1.49. The first-order chi connectivity index (χ1) is 14.9. The Bertz CT molecular complexity index is 1070. The van der Waals surface area contributed by atoms with Gasteiger partial charge in [0.1, 0.15) is 19.3 Å². The number of benzene rings is 1. The zero-order valence-corrected chi connectivity index (χ0v) is 16.3. The maximum atomic E-state index is 13.6. The molecule has 1 unspecified atom stereocenters. The molecule has 0 bridgehead atoms. The van der Waals surface area contributed by atoms with Crippen molar-refractivity contribution < 1.29 is 27.8 Å². The van der Waals surface area contributed by atoms with E-state index < -0.39 is 43.3 Å². The molecule has 0 spiro atoms. The predicted octanol–water partition coefficient (Wildman–Crippen LogP) is 2.01. The molecule has 1 aromatic heterocycles. The number of carbonyl (C=O) groups is 2. The second kappa shape index (κ2) is 8.18. The largest absolute Gasteiger partial charge is 0.486 e. The topological polar surface area (TPSA) is 105 Å². The highest BCUT2D eigenvalue weighted by Crippen LogP contribution is 2.35. The average Bonchev–Trinajstić information content (AvgIpc) is 3.11. The second-order valence-corrected chi connectivity index (χ2v) is 7.19. The third-order valence-electron chi connectivity index (χ3n) is 5.06. The summed E-state index contributed by atoms with van der Waals surface area (Å²) in [5.74, 6) is -3.28. The van der Waals surface area contributed by atoms with E-state index in [9.17, 15) is 18.4 Å². The van der Waals surface area contributed by atoms with Crippen LogP contribution in [0.3, 0.4) is 0 Å². The third kappa shape index (κ3) is 4.26. The molecular formula is C21H18F2N4O4. The summed E-state index contributed by atoms with van der Waals surface area (Å²) < 4.78 is 38.2. The van der Waals surface area contributed by atoms with E-state index in [1.54, 1.807) is 24.3 Å². The first kappa shape index (κ1) is 20.5. The molecule has 2 amide bonds. The molecule has 1 fully saturated rings. The lowest BCUT2D eigenvalue weighted by molar-refractivity contribution is -0.131. The number of nitrogens with one attached hydrogen (secondary N) is 1. The van der Waals surface area contributed by atoms with Gasteiger partial charge in [0.2, 0.25) is 5.91 Å². The minimum atomic E-state index is -3.11. The van der Waals surface area contributed by atoms with E-state index in [-0.39, 0.29) is 5.56 Å². The van der Waals surface area contributed by atoms with Gasteiger partial charge in [0, 0.05) is 24.4 Å². The Kier molecular flexibility index (Phi) is 5.42. The number of hydrogen-bond donors (Lipinski definition) is 1. The zero-order chi connectivity index (χ0) is 22.0. The first-order valence-electron chi connectivity index (χ1n) is 9.57. The summed E-state index contributed by atoms with van der Waals surface area (Å²) in [6, 6.07) is 7.21. The predicted molar refractivity (Wildman–Crippen MR) is 104 cm³/mol. The van der Waals surface area contributed by atoms with E-state index in [1.165, 1.54) is 18.5 Å². The van der Waals surface area contributed by atoms with Crippen molar-refractivity contribution in [2.75, 3.05) is 26.3 Å². The Morgan fingerprint density at radius 2 is 2.03 bits per heavy atom. The molecule has 1 N–H and O–H groups in total. The van der Waals surface area contributed by atoms with Crippen molar-refractivity contribution in [3.63, 3.8) is 0 Å². The monoisotopic (exact) mass is 428 g/mol. The number of hydrogen-bond acceptors (Lipinski definition) is 6. The van der Waals surface area contributed by atoms with Gasteiger partial charge in [-0.3, -0.25) is 14.6 Å². The van der Waals surface area contributed by atoms with Gasteiger partial charge in [-0.25, -0.2) is 8.78 Å². The van der Waals surface area contributed by atoms with E-state index in [2.05, 4.69) is 10.3 Å². The van der Waals surface area contributed by atoms with Gasteiger partial charge in [-0.1, -0.05) is 6.07 Å². The van der Waals surface area contributed by atoms with Gasteiger partial charge < -0.3 is 19.7 Å². The number of nitriles is 1. The summed E-state index contributed by atoms with van der Waals surface area (Å²) >= 11 is 0. The number of amides is 2. The van der Waals surface area contributed by atoms with Crippen LogP contribution >= 0.6 is 0 Å². The number of fused-ring (bicyclic) bond motifs is 1. The Hall–Kier alpha value is -3.74. The van der Waals surface area contributed by atoms with Crippen LogP contribution in [0, 0.1) is 11.3 Å². The van der Waals surface area contributed by atoms with Gasteiger partial charge in [0.15, 0.2) is 11.5 Å². The molecule has 0 aliphatic carbocycles. The van der Waals surface area contributed by atoms with Crippen molar-refractivity contribution in [1.82, 2.24) is 15.2 Å². The summed E-state index contributed by atoms with van der Waals surface area (Å²) in [7, 11) is 0. The SMILES string of the molecule is N#CC1CC(F)(F)CN1C(=O)CNC(=O)c1ccncc1-c1ccc2c(c1)OCCO2. The molecule has 10 heteroatoms. The number of halogens is 2. The van der Waals surface area contributed by atoms with Crippen LogP contribution in [-0.4, -0.2) is 60.0 Å². The molecule has 0 saturated carbocycles. The lowest BCUT2D eigenvalue weighted by Crippen LogP contribution is -2.43. The van der Waals surface area contributed by atoms with E-state index in [4.69, 9.17) is 14.7 Å². The van der Waals surface area contributed by atoms with Crippen LogP contribution in [0.15, 0.2) is 36.7 Å². The standard InChI is InChI=1S/C21H18F2N4O4/c22-21(23)8-14(9-24)27(12-21)19(28)11-26-20(29)15-3-4-25-10-16(15)13-1-2-17-18(7-13)31-6-5-30-17/h1-4,7,10,14H,5-6,8,11-12H2,(H,26,29). The van der Waals surface area contributed by atoms with Gasteiger partial charge in [-0.2, -0.15) is 5.26 Å². The van der Waals surface area contributed by atoms with Crippen LogP contribution < -0.4 is 14.8 Å². The smallest absolute Gasteiger partial charge is 0.268 e. The van der Waals surface area contributed by atoms with Gasteiger partial charge in [0.25, 0.3) is 11.8 Å². The summed E-state index contributed by atoms with van der Waals surface area (Å²) in [6.07, 6.45) is 2.24. The molecule has 1 atom stereocenters. The van der Waals surface area contributed by atoms with Crippen LogP contribution in [0.25, 0.3) is 11.1 Å². The summed E-state index contributed by atoms with van der Waals surface area (Å²) in [5, 5.41) is 11.5. The fraction of sp³-hybridized carbons (Fsp3) is 0.333. The van der Waals surface area contributed by atoms with Gasteiger partial charge in [-0.05, 0) is 23.8 Å². The van der Waals surface area contributed by atoms with Gasteiger partial charge in [-0.15, -0.1) is 0 Å². The number of alkyl halides is 2. The number of likely N-dealkylation sites (tertiary alicyclic amines) is 1. The Morgan fingerprint density at radius 1 is 1.26 bits per heavy atom. The van der Waals surface area contributed by atoms with Crippen molar-refractivity contribution >= 4 is 11.8 Å². The van der Waals surface area contributed by atoms with Gasteiger partial charge in [0.05, 0.1) is 24.7 Å². The van der Waals surface area contributed by atoms with Crippen molar-refractivity contribution in [3.05, 3.63) is 42.2 Å². The maximum Gasteiger partial charge on any atom is 0.268 e. The normalized spacial score (nSPS) is 18.9. The number of nitrogens with zero attached hydrogens (tertiary/aromatic N) is 3. The molecule has 1 saturated heterocycles. The molecule has 2 aromatic rings. The zero-order valence-electron chi connectivity index (χ0n) is 16.3.